The van der Waals surface area contributed by atoms with Crippen molar-refractivity contribution in [3.8, 4) is 17.0 Å². The van der Waals surface area contributed by atoms with Crippen molar-refractivity contribution in [2.75, 3.05) is 46.2 Å². The van der Waals surface area contributed by atoms with Crippen molar-refractivity contribution >= 4 is 5.97 Å². The molecule has 0 atom stereocenters. The summed E-state index contributed by atoms with van der Waals surface area (Å²) in [5.41, 5.74) is 1.94. The fourth-order valence-corrected chi connectivity index (χ4v) is 4.08. The maximum Gasteiger partial charge on any atom is 0.341 e. The minimum absolute atomic E-state index is 0.282. The smallest absolute Gasteiger partial charge is 0.341 e. The summed E-state index contributed by atoms with van der Waals surface area (Å²) in [4.78, 5) is 24.3. The molecule has 33 heavy (non-hydrogen) atoms. The van der Waals surface area contributed by atoms with E-state index in [1.807, 2.05) is 31.0 Å². The first kappa shape index (κ1) is 24.8. The van der Waals surface area contributed by atoms with Crippen LogP contribution in [0, 0.1) is 0 Å². The van der Waals surface area contributed by atoms with E-state index in [2.05, 4.69) is 0 Å². The van der Waals surface area contributed by atoms with Gasteiger partial charge in [-0.1, -0.05) is 0 Å². The van der Waals surface area contributed by atoms with Gasteiger partial charge in [-0.05, 0) is 31.5 Å². The highest BCUT2D eigenvalue weighted by atomic mass is 16.5. The molecule has 0 aliphatic carbocycles. The number of rotatable bonds is 11. The lowest BCUT2D eigenvalue weighted by molar-refractivity contribution is 0.0694. The first-order chi connectivity index (χ1) is 15.7. The Morgan fingerprint density at radius 2 is 1.85 bits per heavy atom. The number of hydrogen-bond acceptors (Lipinski definition) is 7. The maximum atomic E-state index is 12.6. The van der Waals surface area contributed by atoms with Gasteiger partial charge in [0.15, 0.2) is 5.43 Å². The molecule has 2 aromatic rings. The molecule has 1 aliphatic heterocycles. The van der Waals surface area contributed by atoms with E-state index >= 15 is 0 Å². The summed E-state index contributed by atoms with van der Waals surface area (Å²) in [6.45, 7) is 6.33. The quantitative estimate of drug-likeness (QED) is 0.511. The molecule has 0 saturated carbocycles. The van der Waals surface area contributed by atoms with Gasteiger partial charge in [-0.15, -0.1) is 0 Å². The average Bonchev–Trinajstić information content (AvgIpc) is 2.76. The van der Waals surface area contributed by atoms with E-state index in [4.69, 9.17) is 18.9 Å². The zero-order valence-electron chi connectivity index (χ0n) is 19.8. The Kier molecular flexibility index (Phi) is 7.78. The number of aromatic carboxylic acids is 1. The number of carbonyl (C=O) groups is 1. The summed E-state index contributed by atoms with van der Waals surface area (Å²) in [6, 6.07) is 5.31. The lowest BCUT2D eigenvalue weighted by Gasteiger charge is -2.45. The van der Waals surface area contributed by atoms with Crippen LogP contribution in [0.4, 0.5) is 0 Å². The van der Waals surface area contributed by atoms with Crippen molar-refractivity contribution in [3.05, 3.63) is 51.3 Å². The highest BCUT2D eigenvalue weighted by Gasteiger charge is 2.34. The molecule has 0 fully saturated rings. The Morgan fingerprint density at radius 3 is 2.48 bits per heavy atom. The summed E-state index contributed by atoms with van der Waals surface area (Å²) in [7, 11) is 4.89. The Bertz CT molecular complexity index is 1060. The van der Waals surface area contributed by atoms with Crippen molar-refractivity contribution in [1.29, 1.82) is 0 Å². The highest BCUT2D eigenvalue weighted by molar-refractivity contribution is 5.88. The van der Waals surface area contributed by atoms with E-state index in [0.29, 0.717) is 44.4 Å². The van der Waals surface area contributed by atoms with Gasteiger partial charge in [0.2, 0.25) is 0 Å². The van der Waals surface area contributed by atoms with Gasteiger partial charge in [-0.2, -0.15) is 0 Å². The average molecular weight is 461 g/mol. The molecule has 0 unspecified atom stereocenters. The van der Waals surface area contributed by atoms with Crippen LogP contribution in [0.2, 0.25) is 0 Å². The van der Waals surface area contributed by atoms with Gasteiger partial charge in [0, 0.05) is 57.7 Å². The second-order valence-electron chi connectivity index (χ2n) is 8.63. The summed E-state index contributed by atoms with van der Waals surface area (Å²) in [6.07, 6.45) is 2.15. The fourth-order valence-electron chi connectivity index (χ4n) is 4.08. The van der Waals surface area contributed by atoms with Crippen molar-refractivity contribution in [1.82, 2.24) is 4.68 Å². The number of aromatic nitrogens is 1. The van der Waals surface area contributed by atoms with Gasteiger partial charge < -0.3 is 29.1 Å². The number of ether oxygens (including phenoxy) is 4. The Morgan fingerprint density at radius 1 is 1.09 bits per heavy atom. The minimum atomic E-state index is -1.26. The molecule has 180 valence electrons. The van der Waals surface area contributed by atoms with Crippen LogP contribution >= 0.6 is 0 Å². The number of hydrogen-bond donors (Lipinski definition) is 1. The largest absolute Gasteiger partial charge is 0.493 e. The second-order valence-corrected chi connectivity index (χ2v) is 8.63. The Labute approximate surface area is 193 Å². The van der Waals surface area contributed by atoms with E-state index in [9.17, 15) is 14.7 Å². The molecule has 1 N–H and O–H groups in total. The Hall–Kier alpha value is -2.88. The van der Waals surface area contributed by atoms with Crippen LogP contribution in [0.15, 0.2) is 29.2 Å². The van der Waals surface area contributed by atoms with Crippen molar-refractivity contribution in [2.24, 2.45) is 0 Å². The third-order valence-electron chi connectivity index (χ3n) is 5.65. The molecule has 1 aliphatic rings. The first-order valence-electron chi connectivity index (χ1n) is 10.8. The molecule has 2 heterocycles. The van der Waals surface area contributed by atoms with Gasteiger partial charge >= 0.3 is 5.97 Å². The van der Waals surface area contributed by atoms with Crippen LogP contribution < -0.4 is 15.2 Å². The number of nitrogens with zero attached hydrogens (tertiary/aromatic N) is 2. The number of benzene rings is 1. The highest BCUT2D eigenvalue weighted by Crippen LogP contribution is 2.37. The number of carboxylic acid groups (broad SMARTS) is 1. The van der Waals surface area contributed by atoms with Crippen LogP contribution in [0.5, 0.6) is 5.75 Å². The van der Waals surface area contributed by atoms with Crippen LogP contribution in [-0.4, -0.2) is 62.4 Å². The molecular formula is C24H32N2O7. The third-order valence-corrected chi connectivity index (χ3v) is 5.65. The molecular weight excluding hydrogens is 428 g/mol. The number of fused-ring (bicyclic) bond motifs is 3. The zero-order valence-corrected chi connectivity index (χ0v) is 19.8. The lowest BCUT2D eigenvalue weighted by atomic mass is 9.95. The summed E-state index contributed by atoms with van der Waals surface area (Å²) in [5.74, 6) is -0.542. The van der Waals surface area contributed by atoms with Crippen LogP contribution in [-0.2, 0) is 27.4 Å². The van der Waals surface area contributed by atoms with Gasteiger partial charge in [-0.3, -0.25) is 9.47 Å². The minimum Gasteiger partial charge on any atom is -0.493 e. The van der Waals surface area contributed by atoms with E-state index in [-0.39, 0.29) is 5.56 Å². The van der Waals surface area contributed by atoms with Gasteiger partial charge in [0.05, 0.1) is 37.6 Å². The number of carboxylic acids is 1. The Balaban J connectivity index is 2.17. The summed E-state index contributed by atoms with van der Waals surface area (Å²) < 4.78 is 23.7. The molecule has 9 heteroatoms. The first-order valence-corrected chi connectivity index (χ1v) is 10.8. The standard InChI is InChI=1S/C24H32N2O7/c1-24(2,15-32-5)26-12-16-10-22(33-8-6-7-30-3)17(14-31-4)9-18(16)20-11-21(27)19(23(28)29)13-25(20)26/h9-11,13H,6-8,12,14-15H2,1-5H3,(H,28,29). The van der Waals surface area contributed by atoms with Crippen molar-refractivity contribution in [2.45, 2.75) is 39.0 Å². The molecule has 0 radical (unpaired) electrons. The summed E-state index contributed by atoms with van der Waals surface area (Å²) in [5, 5.41) is 11.5. The molecule has 3 rings (SSSR count). The lowest BCUT2D eigenvalue weighted by Crippen LogP contribution is -2.55. The van der Waals surface area contributed by atoms with E-state index in [1.165, 1.54) is 12.3 Å². The molecule has 0 bridgehead atoms. The predicted molar refractivity (Wildman–Crippen MR) is 124 cm³/mol. The molecule has 0 saturated heterocycles. The molecule has 0 amide bonds. The van der Waals surface area contributed by atoms with Gasteiger partial charge in [0.25, 0.3) is 0 Å². The monoisotopic (exact) mass is 460 g/mol. The van der Waals surface area contributed by atoms with Crippen LogP contribution in [0.1, 0.15) is 41.8 Å². The molecule has 0 spiro atoms. The van der Waals surface area contributed by atoms with Crippen LogP contribution in [0.25, 0.3) is 11.3 Å². The van der Waals surface area contributed by atoms with E-state index < -0.39 is 16.9 Å². The SMILES string of the molecule is COCCCOc1cc2c(cc1COC)-c1cc(=O)c(C(=O)O)cn1N(C(C)(C)COC)C2. The molecule has 9 nitrogen and oxygen atoms in total. The normalized spacial score (nSPS) is 12.9. The topological polar surface area (TPSA) is 99.5 Å². The van der Waals surface area contributed by atoms with Crippen molar-refractivity contribution in [3.63, 3.8) is 0 Å². The molecule has 1 aromatic heterocycles. The number of pyridine rings is 1. The zero-order chi connectivity index (χ0) is 24.2. The van der Waals surface area contributed by atoms with E-state index in [0.717, 1.165) is 23.1 Å². The van der Waals surface area contributed by atoms with Crippen molar-refractivity contribution < 1.29 is 28.8 Å². The predicted octanol–water partition coefficient (Wildman–Crippen LogP) is 2.65. The summed E-state index contributed by atoms with van der Waals surface area (Å²) >= 11 is 0. The fraction of sp³-hybridized carbons (Fsp3) is 0.500. The molecule has 1 aromatic carbocycles. The number of methoxy groups -OCH3 is 3. The third kappa shape index (κ3) is 5.21. The van der Waals surface area contributed by atoms with Gasteiger partial charge in [-0.25, -0.2) is 4.79 Å². The van der Waals surface area contributed by atoms with Crippen LogP contribution in [0.3, 0.4) is 0 Å². The van der Waals surface area contributed by atoms with E-state index in [1.54, 1.807) is 26.0 Å². The second kappa shape index (κ2) is 10.4. The van der Waals surface area contributed by atoms with Gasteiger partial charge in [0.1, 0.15) is 11.3 Å². The maximum absolute atomic E-state index is 12.6.